The van der Waals surface area contributed by atoms with E-state index in [1.165, 1.54) is 30.3 Å². The number of nitrogens with one attached hydrogen (secondary N) is 1. The molecule has 49 heavy (non-hydrogen) atoms. The van der Waals surface area contributed by atoms with Crippen molar-refractivity contribution in [3.63, 3.8) is 0 Å². The van der Waals surface area contributed by atoms with Crippen LogP contribution in [0.15, 0.2) is 66.1 Å². The molecule has 3 amide bonds. The molecule has 4 aliphatic rings. The number of halogens is 3. The van der Waals surface area contributed by atoms with Gasteiger partial charge < -0.3 is 20.2 Å². The lowest BCUT2D eigenvalue weighted by Gasteiger charge is -2.36. The minimum Gasteiger partial charge on any atom is -0.383 e. The molecule has 3 unspecified atom stereocenters. The second-order valence-corrected chi connectivity index (χ2v) is 15.6. The van der Waals surface area contributed by atoms with Crippen LogP contribution in [0.1, 0.15) is 56.1 Å². The average molecular weight is 704 g/mol. The Labute approximate surface area is 285 Å². The maximum absolute atomic E-state index is 14.4. The molecular weight excluding hydrogens is 659 g/mol. The Kier molecular flexibility index (Phi) is 9.88. The predicted octanol–water partition coefficient (Wildman–Crippen LogP) is 3.95. The van der Waals surface area contributed by atoms with Crippen LogP contribution >= 0.6 is 0 Å². The van der Waals surface area contributed by atoms with Crippen LogP contribution in [0.2, 0.25) is 0 Å². The predicted molar refractivity (Wildman–Crippen MR) is 176 cm³/mol. The Morgan fingerprint density at radius 2 is 1.82 bits per heavy atom. The van der Waals surface area contributed by atoms with Gasteiger partial charge in [-0.3, -0.25) is 9.69 Å². The van der Waals surface area contributed by atoms with Gasteiger partial charge in [-0.15, -0.1) is 6.58 Å². The Morgan fingerprint density at radius 1 is 1.10 bits per heavy atom. The number of urea groups is 1. The summed E-state index contributed by atoms with van der Waals surface area (Å²) >= 11 is 0. The van der Waals surface area contributed by atoms with Gasteiger partial charge in [0.05, 0.1) is 17.5 Å². The third-order valence-corrected chi connectivity index (χ3v) is 11.9. The molecule has 3 aliphatic heterocycles. The maximum atomic E-state index is 14.4. The summed E-state index contributed by atoms with van der Waals surface area (Å²) in [5, 5.41) is 20.4. The number of alkyl halides is 2. The molecule has 3 heterocycles. The highest BCUT2D eigenvalue weighted by Crippen LogP contribution is 2.46. The topological polar surface area (TPSA) is 136 Å². The highest BCUT2D eigenvalue weighted by Gasteiger charge is 2.55. The lowest BCUT2D eigenvalue weighted by Crippen LogP contribution is -2.51. The Balaban J connectivity index is 1.17. The quantitative estimate of drug-likeness (QED) is 0.321. The summed E-state index contributed by atoms with van der Waals surface area (Å²) in [6.45, 7) is 4.89. The standard InChI is InChI=1S/C35H44F3N5O5S/c1-2-16-42(33(45)40-19-23-6-9-29(10-7-23)49(39,47)48)31-18-28-8-11-30(31)43(28)21-26-20-41(32(44)24-12-14-34(37,38)15-13-24)22-35(26,46)25-4-3-5-27(36)17-25/h2-7,9-10,17,24,26,28,30-31,46H,1,8,11-16,18-22H2,(H,40,45)(H2,39,47,48)/t26-,28?,30?,31?,35+/m1/s1. The van der Waals surface area contributed by atoms with Gasteiger partial charge in [-0.1, -0.05) is 30.3 Å². The van der Waals surface area contributed by atoms with Crippen LogP contribution in [0.3, 0.4) is 0 Å². The van der Waals surface area contributed by atoms with Crippen molar-refractivity contribution in [1.82, 2.24) is 20.0 Å². The molecular formula is C35H44F3N5O5S. The van der Waals surface area contributed by atoms with Crippen LogP contribution < -0.4 is 10.5 Å². The summed E-state index contributed by atoms with van der Waals surface area (Å²) < 4.78 is 65.3. The van der Waals surface area contributed by atoms with Crippen molar-refractivity contribution in [2.75, 3.05) is 26.2 Å². The van der Waals surface area contributed by atoms with Crippen molar-refractivity contribution in [3.05, 3.63) is 78.1 Å². The van der Waals surface area contributed by atoms with Crippen LogP contribution in [0, 0.1) is 17.7 Å². The molecule has 1 aliphatic carbocycles. The lowest BCUT2D eigenvalue weighted by molar-refractivity contribution is -0.139. The number of nitrogens with zero attached hydrogens (tertiary/aromatic N) is 3. The number of carbonyl (C=O) groups is 2. The molecule has 0 radical (unpaired) electrons. The molecule has 4 fully saturated rings. The third-order valence-electron chi connectivity index (χ3n) is 11.0. The first kappa shape index (κ1) is 35.4. The molecule has 0 aromatic heterocycles. The summed E-state index contributed by atoms with van der Waals surface area (Å²) in [4.78, 5) is 32.8. The van der Waals surface area contributed by atoms with E-state index < -0.39 is 39.2 Å². The van der Waals surface area contributed by atoms with Crippen molar-refractivity contribution in [3.8, 4) is 0 Å². The number of likely N-dealkylation sites (tertiary alicyclic amines) is 1. The fourth-order valence-electron chi connectivity index (χ4n) is 8.43. The molecule has 2 aromatic rings. The number of primary sulfonamides is 1. The highest BCUT2D eigenvalue weighted by atomic mass is 32.2. The summed E-state index contributed by atoms with van der Waals surface area (Å²) in [6.07, 6.45) is 3.61. The van der Waals surface area contributed by atoms with Crippen LogP contribution in [0.4, 0.5) is 18.0 Å². The number of β-amino-alcohol motifs (C(OH)–C–C–N with tert-alkyl or cyclic N) is 1. The van der Waals surface area contributed by atoms with Gasteiger partial charge in [0, 0.05) is 62.9 Å². The van der Waals surface area contributed by atoms with Crippen LogP contribution in [0.25, 0.3) is 0 Å². The molecule has 6 rings (SSSR count). The van der Waals surface area contributed by atoms with E-state index in [0.717, 1.165) is 12.8 Å². The molecule has 10 nitrogen and oxygen atoms in total. The van der Waals surface area contributed by atoms with Crippen molar-refractivity contribution in [2.24, 2.45) is 17.0 Å². The number of hydrogen-bond acceptors (Lipinski definition) is 6. The number of aliphatic hydroxyl groups is 1. The monoisotopic (exact) mass is 703 g/mol. The minimum absolute atomic E-state index is 0.0179. The van der Waals surface area contributed by atoms with Crippen LogP contribution in [-0.4, -0.2) is 90.4 Å². The van der Waals surface area contributed by atoms with Gasteiger partial charge in [0.15, 0.2) is 0 Å². The summed E-state index contributed by atoms with van der Waals surface area (Å²) in [5.41, 5.74) is -0.478. The van der Waals surface area contributed by atoms with Crippen molar-refractivity contribution in [2.45, 2.75) is 86.0 Å². The number of benzene rings is 2. The van der Waals surface area contributed by atoms with Crippen molar-refractivity contribution < 1.29 is 36.3 Å². The molecule has 2 aromatic carbocycles. The first-order valence-corrected chi connectivity index (χ1v) is 18.4. The van der Waals surface area contributed by atoms with E-state index in [2.05, 4.69) is 16.8 Å². The number of amides is 3. The lowest BCUT2D eigenvalue weighted by atomic mass is 9.83. The van der Waals surface area contributed by atoms with Gasteiger partial charge in [0.25, 0.3) is 0 Å². The average Bonchev–Trinajstić information content (AvgIpc) is 3.73. The SMILES string of the molecule is C=CCN(C(=O)NCc1ccc(S(N)(=O)=O)cc1)C1CC2CCC1N2C[C@H]1CN(C(=O)C2CCC(F)(F)CC2)C[C@]1(O)c1cccc(F)c1. The number of rotatable bonds is 10. The molecule has 266 valence electrons. The Morgan fingerprint density at radius 3 is 2.47 bits per heavy atom. The molecule has 5 atom stereocenters. The Hall–Kier alpha value is -3.46. The second kappa shape index (κ2) is 13.7. The molecule has 3 saturated heterocycles. The van der Waals surface area contributed by atoms with Crippen LogP contribution in [0.5, 0.6) is 0 Å². The molecule has 4 N–H and O–H groups in total. The number of nitrogens with two attached hydrogens (primary N) is 1. The van der Waals surface area contributed by atoms with E-state index in [1.54, 1.807) is 34.1 Å². The Bertz CT molecular complexity index is 1670. The van der Waals surface area contributed by atoms with E-state index in [1.807, 2.05) is 0 Å². The van der Waals surface area contributed by atoms with E-state index in [0.29, 0.717) is 30.6 Å². The van der Waals surface area contributed by atoms with E-state index in [9.17, 15) is 36.3 Å². The minimum atomic E-state index is -3.83. The fourth-order valence-corrected chi connectivity index (χ4v) is 8.95. The van der Waals surface area contributed by atoms with Gasteiger partial charge >= 0.3 is 6.03 Å². The third kappa shape index (κ3) is 7.38. The van der Waals surface area contributed by atoms with Crippen LogP contribution in [-0.2, 0) is 27.0 Å². The van der Waals surface area contributed by atoms with Gasteiger partial charge in [-0.2, -0.15) is 0 Å². The van der Waals surface area contributed by atoms with E-state index in [4.69, 9.17) is 5.14 Å². The number of fused-ring (bicyclic) bond motifs is 2. The first-order valence-electron chi connectivity index (χ1n) is 16.9. The normalized spacial score (nSPS) is 28.5. The fraction of sp³-hybridized carbons (Fsp3) is 0.543. The van der Waals surface area contributed by atoms with Crippen molar-refractivity contribution >= 4 is 22.0 Å². The highest BCUT2D eigenvalue weighted by molar-refractivity contribution is 7.89. The molecule has 2 bridgehead atoms. The van der Waals surface area contributed by atoms with Crippen molar-refractivity contribution in [1.29, 1.82) is 0 Å². The van der Waals surface area contributed by atoms with Gasteiger partial charge in [0.2, 0.25) is 21.9 Å². The molecule has 0 spiro atoms. The number of sulfonamides is 1. The van der Waals surface area contributed by atoms with E-state index in [-0.39, 0.29) is 80.3 Å². The van der Waals surface area contributed by atoms with Gasteiger partial charge in [0.1, 0.15) is 11.4 Å². The largest absolute Gasteiger partial charge is 0.383 e. The van der Waals surface area contributed by atoms with E-state index >= 15 is 0 Å². The summed E-state index contributed by atoms with van der Waals surface area (Å²) in [6, 6.07) is 11.4. The summed E-state index contributed by atoms with van der Waals surface area (Å²) in [5.74, 6) is -4.54. The zero-order valence-corrected chi connectivity index (χ0v) is 28.1. The summed E-state index contributed by atoms with van der Waals surface area (Å²) in [7, 11) is -3.83. The van der Waals surface area contributed by atoms with Gasteiger partial charge in [-0.05, 0) is 67.5 Å². The number of hydrogen-bond donors (Lipinski definition) is 3. The first-order chi connectivity index (χ1) is 23.2. The maximum Gasteiger partial charge on any atom is 0.318 e. The second-order valence-electron chi connectivity index (χ2n) is 14.1. The smallest absolute Gasteiger partial charge is 0.318 e. The molecule has 1 saturated carbocycles. The zero-order chi connectivity index (χ0) is 35.1. The molecule has 14 heteroatoms. The van der Waals surface area contributed by atoms with Gasteiger partial charge in [-0.25, -0.2) is 31.5 Å². The number of carbonyl (C=O) groups excluding carboxylic acids is 2. The zero-order valence-electron chi connectivity index (χ0n) is 27.3.